The summed E-state index contributed by atoms with van der Waals surface area (Å²) in [5.74, 6) is -3.59. The van der Waals surface area contributed by atoms with Gasteiger partial charge in [0, 0.05) is 50.3 Å². The maximum absolute atomic E-state index is 16.1. The largest absolute Gasteiger partial charge is 0.497 e. The fourth-order valence-corrected chi connectivity index (χ4v) is 5.69. The Morgan fingerprint density at radius 1 is 1.20 bits per heavy atom. The van der Waals surface area contributed by atoms with Crippen molar-refractivity contribution in [3.05, 3.63) is 59.5 Å². The number of likely N-dealkylation sites (tertiary alicyclic amines) is 1. The van der Waals surface area contributed by atoms with E-state index >= 15 is 4.39 Å². The Morgan fingerprint density at radius 3 is 2.59 bits per heavy atom. The van der Waals surface area contributed by atoms with E-state index in [0.717, 1.165) is 6.07 Å². The molecule has 0 unspecified atom stereocenters. The number of nitrogens with zero attached hydrogens (tertiary/aromatic N) is 3. The monoisotopic (exact) mass is 576 g/mol. The summed E-state index contributed by atoms with van der Waals surface area (Å²) < 4.78 is 62.3. The Balaban J connectivity index is 1.43. The second-order valence-electron chi connectivity index (χ2n) is 10.9. The van der Waals surface area contributed by atoms with Crippen LogP contribution in [0.25, 0.3) is 10.9 Å². The summed E-state index contributed by atoms with van der Waals surface area (Å²) in [6.45, 7) is 1.88. The first-order valence-electron chi connectivity index (χ1n) is 13.6. The molecule has 1 saturated heterocycles. The number of methoxy groups -OCH3 is 1. The molecular weight excluding hydrogens is 540 g/mol. The number of fused-ring (bicyclic) bond motifs is 1. The van der Waals surface area contributed by atoms with E-state index in [1.165, 1.54) is 0 Å². The van der Waals surface area contributed by atoms with Crippen LogP contribution in [-0.4, -0.2) is 68.3 Å². The van der Waals surface area contributed by atoms with Crippen molar-refractivity contribution in [3.8, 4) is 5.75 Å². The number of aromatic nitrogens is 1. The van der Waals surface area contributed by atoms with Gasteiger partial charge in [-0.25, -0.2) is 17.6 Å². The van der Waals surface area contributed by atoms with Gasteiger partial charge in [0.1, 0.15) is 17.7 Å². The molecule has 1 aliphatic rings. The summed E-state index contributed by atoms with van der Waals surface area (Å²) in [4.78, 5) is 20.2. The molecule has 41 heavy (non-hydrogen) atoms. The lowest BCUT2D eigenvalue weighted by Crippen LogP contribution is -2.43. The highest BCUT2D eigenvalue weighted by Gasteiger charge is 2.37. The fraction of sp³-hybridized carbons (Fsp3) is 0.467. The van der Waals surface area contributed by atoms with Crippen molar-refractivity contribution in [2.24, 2.45) is 5.41 Å². The zero-order valence-electron chi connectivity index (χ0n) is 23.5. The zero-order chi connectivity index (χ0) is 29.7. The van der Waals surface area contributed by atoms with Gasteiger partial charge in [0.25, 0.3) is 0 Å². The van der Waals surface area contributed by atoms with Crippen LogP contribution in [0.5, 0.6) is 5.75 Å². The number of carboxylic acid groups (broad SMARTS) is 1. The quantitative estimate of drug-likeness (QED) is 0.197. The number of hydrogen-bond donors (Lipinski definition) is 2. The Kier molecular flexibility index (Phi) is 9.57. The van der Waals surface area contributed by atoms with E-state index in [-0.39, 0.29) is 25.1 Å². The van der Waals surface area contributed by atoms with Gasteiger partial charge in [-0.2, -0.15) is 0 Å². The first-order chi connectivity index (χ1) is 19.5. The third kappa shape index (κ3) is 7.19. The normalized spacial score (nSPS) is 16.0. The van der Waals surface area contributed by atoms with Gasteiger partial charge in [-0.15, -0.1) is 0 Å². The summed E-state index contributed by atoms with van der Waals surface area (Å²) in [6, 6.07) is 6.74. The highest BCUT2D eigenvalue weighted by atomic mass is 19.2. The first kappa shape index (κ1) is 30.4. The molecule has 1 atom stereocenters. The highest BCUT2D eigenvalue weighted by molar-refractivity contribution is 5.88. The van der Waals surface area contributed by atoms with E-state index in [9.17, 15) is 23.1 Å². The molecule has 1 aromatic heterocycles. The van der Waals surface area contributed by atoms with Crippen LogP contribution in [0.2, 0.25) is 0 Å². The molecule has 1 fully saturated rings. The van der Waals surface area contributed by atoms with Crippen LogP contribution in [0.1, 0.15) is 43.8 Å². The zero-order valence-corrected chi connectivity index (χ0v) is 23.5. The lowest BCUT2D eigenvalue weighted by atomic mass is 9.71. The number of ether oxygens (including phenoxy) is 1. The standard InChI is InChI=1S/C30H36F4N4O3/c1-37(2)26-18-36-24-5-4-20(41-3)16-21(24)28(26)22(32)6-7-30(17-27(39)40)8-11-38(12-9-30)13-10-35-25-15-19(31)14-23(33)29(25)34/h4-5,14-16,18,22,35H,6-13,17H2,1-3H3,(H,39,40)/t22-/m1/s1. The van der Waals surface area contributed by atoms with E-state index in [2.05, 4.69) is 15.2 Å². The summed E-state index contributed by atoms with van der Waals surface area (Å²) >= 11 is 0. The number of hydrogen-bond acceptors (Lipinski definition) is 6. The Hall–Kier alpha value is -3.60. The second-order valence-corrected chi connectivity index (χ2v) is 10.9. The van der Waals surface area contributed by atoms with Gasteiger partial charge in [-0.3, -0.25) is 9.78 Å². The predicted molar refractivity (Wildman–Crippen MR) is 151 cm³/mol. The van der Waals surface area contributed by atoms with Crippen LogP contribution in [0, 0.1) is 22.9 Å². The van der Waals surface area contributed by atoms with Crippen molar-refractivity contribution < 1.29 is 32.2 Å². The third-order valence-electron chi connectivity index (χ3n) is 8.00. The molecule has 3 aromatic rings. The number of piperidine rings is 1. The van der Waals surface area contributed by atoms with Gasteiger partial charge in [0.05, 0.1) is 36.6 Å². The van der Waals surface area contributed by atoms with E-state index < -0.39 is 35.0 Å². The molecule has 7 nitrogen and oxygen atoms in total. The van der Waals surface area contributed by atoms with Gasteiger partial charge >= 0.3 is 5.97 Å². The summed E-state index contributed by atoms with van der Waals surface area (Å²) in [5.41, 5.74) is 0.997. The number of aliphatic carboxylic acids is 1. The third-order valence-corrected chi connectivity index (χ3v) is 8.00. The SMILES string of the molecule is COc1ccc2ncc(N(C)C)c([C@H](F)CCC3(CC(=O)O)CCN(CCNc4cc(F)cc(F)c4F)CC3)c2c1. The van der Waals surface area contributed by atoms with Crippen LogP contribution in [0.15, 0.2) is 36.5 Å². The number of benzene rings is 2. The van der Waals surface area contributed by atoms with Crippen molar-refractivity contribution in [1.82, 2.24) is 9.88 Å². The number of halogens is 4. The van der Waals surface area contributed by atoms with Gasteiger partial charge in [-0.1, -0.05) is 0 Å². The molecule has 0 radical (unpaired) electrons. The van der Waals surface area contributed by atoms with Gasteiger partial charge in [-0.05, 0) is 62.4 Å². The number of pyridine rings is 1. The second kappa shape index (κ2) is 12.9. The smallest absolute Gasteiger partial charge is 0.303 e. The summed E-state index contributed by atoms with van der Waals surface area (Å²) in [5, 5.41) is 13.1. The number of carbonyl (C=O) groups is 1. The van der Waals surface area contributed by atoms with Crippen LogP contribution in [-0.2, 0) is 4.79 Å². The molecule has 0 bridgehead atoms. The maximum Gasteiger partial charge on any atom is 0.303 e. The van der Waals surface area contributed by atoms with Crippen molar-refractivity contribution in [2.45, 2.75) is 38.3 Å². The molecule has 2 heterocycles. The molecule has 1 aliphatic heterocycles. The minimum absolute atomic E-state index is 0.0644. The van der Waals surface area contributed by atoms with Crippen LogP contribution in [0.4, 0.5) is 28.9 Å². The Bertz CT molecular complexity index is 1380. The molecule has 2 N–H and O–H groups in total. The van der Waals surface area contributed by atoms with Crippen molar-refractivity contribution in [3.63, 3.8) is 0 Å². The number of rotatable bonds is 12. The van der Waals surface area contributed by atoms with Crippen molar-refractivity contribution >= 4 is 28.2 Å². The van der Waals surface area contributed by atoms with E-state index in [1.54, 1.807) is 31.5 Å². The fourth-order valence-electron chi connectivity index (χ4n) is 5.69. The summed E-state index contributed by atoms with van der Waals surface area (Å²) in [6.07, 6.45) is 1.89. The van der Waals surface area contributed by atoms with Crippen molar-refractivity contribution in [2.75, 3.05) is 57.6 Å². The van der Waals surface area contributed by atoms with Gasteiger partial charge in [0.2, 0.25) is 0 Å². The molecule has 2 aromatic carbocycles. The molecule has 0 aliphatic carbocycles. The minimum atomic E-state index is -1.35. The van der Waals surface area contributed by atoms with Gasteiger partial charge < -0.3 is 25.0 Å². The van der Waals surface area contributed by atoms with E-state index in [0.29, 0.717) is 72.9 Å². The predicted octanol–water partition coefficient (Wildman–Crippen LogP) is 6.19. The van der Waals surface area contributed by atoms with Crippen molar-refractivity contribution in [1.29, 1.82) is 0 Å². The average Bonchev–Trinajstić information content (AvgIpc) is 2.94. The first-order valence-corrected chi connectivity index (χ1v) is 13.6. The molecule has 11 heteroatoms. The lowest BCUT2D eigenvalue weighted by Gasteiger charge is -2.41. The molecule has 4 rings (SSSR count). The molecular formula is C30H36F4N4O3. The summed E-state index contributed by atoms with van der Waals surface area (Å²) in [7, 11) is 5.21. The molecule has 222 valence electrons. The van der Waals surface area contributed by atoms with Crippen LogP contribution >= 0.6 is 0 Å². The van der Waals surface area contributed by atoms with E-state index in [4.69, 9.17) is 4.74 Å². The minimum Gasteiger partial charge on any atom is -0.497 e. The number of nitrogens with one attached hydrogen (secondary N) is 1. The lowest BCUT2D eigenvalue weighted by molar-refractivity contribution is -0.141. The highest BCUT2D eigenvalue weighted by Crippen LogP contribution is 2.44. The Labute approximate surface area is 237 Å². The van der Waals surface area contributed by atoms with E-state index in [1.807, 2.05) is 19.0 Å². The average molecular weight is 577 g/mol. The Morgan fingerprint density at radius 2 is 1.93 bits per heavy atom. The number of carboxylic acids is 1. The molecule has 0 amide bonds. The van der Waals surface area contributed by atoms with Crippen LogP contribution in [0.3, 0.4) is 0 Å². The maximum atomic E-state index is 16.1. The van der Waals surface area contributed by atoms with Gasteiger partial charge in [0.15, 0.2) is 11.6 Å². The number of alkyl halides is 1. The number of anilines is 2. The van der Waals surface area contributed by atoms with Crippen LogP contribution < -0.4 is 15.0 Å². The topological polar surface area (TPSA) is 77.9 Å². The molecule has 0 saturated carbocycles. The molecule has 0 spiro atoms.